The van der Waals surface area contributed by atoms with Gasteiger partial charge in [0.15, 0.2) is 6.10 Å². The molecular weight excluding hydrogens is 418 g/mol. The molecule has 0 aromatic heterocycles. The highest BCUT2D eigenvalue weighted by Gasteiger charge is 2.41. The Balaban J connectivity index is 1.42. The van der Waals surface area contributed by atoms with Crippen LogP contribution in [-0.4, -0.2) is 69.7 Å². The number of nitrogens with two attached hydrogens (primary N) is 1. The van der Waals surface area contributed by atoms with Crippen LogP contribution in [0.15, 0.2) is 54.6 Å². The molecule has 2 aliphatic rings. The number of piperidine rings is 1. The number of hydrogen-bond acceptors (Lipinski definition) is 5. The van der Waals surface area contributed by atoms with Gasteiger partial charge in [-0.1, -0.05) is 42.5 Å². The molecule has 2 aliphatic heterocycles. The van der Waals surface area contributed by atoms with Gasteiger partial charge in [-0.25, -0.2) is 0 Å². The fraction of sp³-hybridized carbons (Fsp3) is 0.462. The molecule has 4 rings (SSSR count). The summed E-state index contributed by atoms with van der Waals surface area (Å²) in [5, 5.41) is 19.2. The van der Waals surface area contributed by atoms with E-state index >= 15 is 0 Å². The van der Waals surface area contributed by atoms with Gasteiger partial charge >= 0.3 is 0 Å². The van der Waals surface area contributed by atoms with E-state index in [1.54, 1.807) is 11.0 Å². The molecule has 4 N–H and O–H groups in total. The molecule has 2 aromatic carbocycles. The van der Waals surface area contributed by atoms with E-state index in [-0.39, 0.29) is 0 Å². The van der Waals surface area contributed by atoms with E-state index in [0.29, 0.717) is 36.7 Å². The van der Waals surface area contributed by atoms with E-state index in [1.807, 2.05) is 42.5 Å². The van der Waals surface area contributed by atoms with E-state index < -0.39 is 24.5 Å². The van der Waals surface area contributed by atoms with Crippen molar-refractivity contribution < 1.29 is 19.8 Å². The number of fused-ring (bicyclic) bond motifs is 2. The van der Waals surface area contributed by atoms with Crippen LogP contribution in [0.25, 0.3) is 0 Å². The highest BCUT2D eigenvalue weighted by Crippen LogP contribution is 2.43. The summed E-state index contributed by atoms with van der Waals surface area (Å²) in [6.45, 7) is 1.06. The van der Waals surface area contributed by atoms with E-state index in [4.69, 9.17) is 5.73 Å². The molecule has 2 aromatic rings. The Labute approximate surface area is 194 Å². The summed E-state index contributed by atoms with van der Waals surface area (Å²) in [5.41, 5.74) is 8.19. The van der Waals surface area contributed by atoms with Crippen molar-refractivity contribution in [3.63, 3.8) is 0 Å². The van der Waals surface area contributed by atoms with Crippen LogP contribution >= 0.6 is 0 Å². The standard InChI is InChI=1S/C26H33N3O4/c27-25(32)20-8-4-7-19(13-20)21-14-22-9-10-23(15-21)29(22)12-11-28(26(33)24(31)17-30)16-18-5-2-1-3-6-18/h1-8,13,21-24,30-31H,9-12,14-17H2,(H2,27,32)/t21-,22+,23-,24-/m1/s1. The Morgan fingerprint density at radius 2 is 1.76 bits per heavy atom. The second-order valence-corrected chi connectivity index (χ2v) is 9.22. The minimum atomic E-state index is -1.39. The lowest BCUT2D eigenvalue weighted by atomic mass is 9.84. The van der Waals surface area contributed by atoms with Gasteiger partial charge in [-0.05, 0) is 54.9 Å². The van der Waals surface area contributed by atoms with Gasteiger partial charge in [-0.2, -0.15) is 0 Å². The van der Waals surface area contributed by atoms with Crippen LogP contribution in [0.5, 0.6) is 0 Å². The Morgan fingerprint density at radius 1 is 1.06 bits per heavy atom. The molecule has 33 heavy (non-hydrogen) atoms. The number of aliphatic hydroxyl groups excluding tert-OH is 2. The lowest BCUT2D eigenvalue weighted by molar-refractivity contribution is -0.143. The van der Waals surface area contributed by atoms with Crippen molar-refractivity contribution >= 4 is 11.8 Å². The molecule has 2 bridgehead atoms. The molecule has 4 atom stereocenters. The minimum absolute atomic E-state index is 0.398. The first-order valence-corrected chi connectivity index (χ1v) is 11.7. The number of rotatable bonds is 9. The predicted octanol–water partition coefficient (Wildman–Crippen LogP) is 1.88. The van der Waals surface area contributed by atoms with Crippen LogP contribution in [0.1, 0.15) is 53.1 Å². The number of carbonyl (C=O) groups excluding carboxylic acids is 2. The van der Waals surface area contributed by atoms with Crippen LogP contribution in [-0.2, 0) is 11.3 Å². The number of carbonyl (C=O) groups is 2. The molecule has 0 radical (unpaired) electrons. The Kier molecular flexibility index (Phi) is 7.42. The average Bonchev–Trinajstić information content (AvgIpc) is 3.07. The maximum absolute atomic E-state index is 12.7. The van der Waals surface area contributed by atoms with Gasteiger partial charge in [0.05, 0.1) is 6.61 Å². The summed E-state index contributed by atoms with van der Waals surface area (Å²) < 4.78 is 0. The van der Waals surface area contributed by atoms with Crippen molar-refractivity contribution in [2.75, 3.05) is 19.7 Å². The van der Waals surface area contributed by atoms with Gasteiger partial charge in [0.2, 0.25) is 5.91 Å². The third-order valence-electron chi connectivity index (χ3n) is 7.14. The fourth-order valence-electron chi connectivity index (χ4n) is 5.45. The second kappa shape index (κ2) is 10.5. The van der Waals surface area contributed by atoms with Crippen molar-refractivity contribution in [2.24, 2.45) is 5.73 Å². The normalized spacial score (nSPS) is 23.3. The van der Waals surface area contributed by atoms with Crippen molar-refractivity contribution in [1.82, 2.24) is 9.80 Å². The molecular formula is C26H33N3O4. The lowest BCUT2D eigenvalue weighted by Crippen LogP contribution is -2.48. The minimum Gasteiger partial charge on any atom is -0.393 e. The van der Waals surface area contributed by atoms with Crippen LogP contribution in [0.4, 0.5) is 0 Å². The first-order valence-electron chi connectivity index (χ1n) is 11.7. The quantitative estimate of drug-likeness (QED) is 0.540. The van der Waals surface area contributed by atoms with Crippen LogP contribution in [0.2, 0.25) is 0 Å². The van der Waals surface area contributed by atoms with Crippen LogP contribution in [0, 0.1) is 0 Å². The molecule has 2 heterocycles. The van der Waals surface area contributed by atoms with E-state index in [9.17, 15) is 19.8 Å². The molecule has 176 valence electrons. The Bertz CT molecular complexity index is 953. The summed E-state index contributed by atoms with van der Waals surface area (Å²) in [6.07, 6.45) is 2.90. The molecule has 0 unspecified atom stereocenters. The molecule has 0 spiro atoms. The number of amides is 2. The monoisotopic (exact) mass is 451 g/mol. The van der Waals surface area contributed by atoms with Gasteiger partial charge in [-0.3, -0.25) is 14.5 Å². The zero-order chi connectivity index (χ0) is 23.4. The fourth-order valence-corrected chi connectivity index (χ4v) is 5.45. The highest BCUT2D eigenvalue weighted by molar-refractivity contribution is 5.92. The highest BCUT2D eigenvalue weighted by atomic mass is 16.3. The number of aliphatic hydroxyl groups is 2. The molecule has 7 heteroatoms. The summed E-state index contributed by atoms with van der Waals surface area (Å²) in [7, 11) is 0. The summed E-state index contributed by atoms with van der Waals surface area (Å²) in [6, 6.07) is 18.3. The van der Waals surface area contributed by atoms with Gasteiger partial charge in [0, 0.05) is 37.3 Å². The molecule has 7 nitrogen and oxygen atoms in total. The van der Waals surface area contributed by atoms with Gasteiger partial charge in [0.1, 0.15) is 0 Å². The summed E-state index contributed by atoms with van der Waals surface area (Å²) in [4.78, 5) is 28.5. The Hall–Kier alpha value is -2.74. The third kappa shape index (κ3) is 5.43. The SMILES string of the molecule is NC(=O)c1cccc([C@H]2C[C@H]3CC[C@@H](C2)N3CCN(Cc2ccccc2)C(=O)[C@H](O)CO)c1. The number of primary amides is 1. The number of hydrogen-bond donors (Lipinski definition) is 3. The van der Waals surface area contributed by atoms with Crippen LogP contribution in [0.3, 0.4) is 0 Å². The average molecular weight is 452 g/mol. The van der Waals surface area contributed by atoms with E-state index in [1.165, 1.54) is 5.56 Å². The largest absolute Gasteiger partial charge is 0.393 e. The molecule has 0 saturated carbocycles. The molecule has 0 aliphatic carbocycles. The van der Waals surface area contributed by atoms with Crippen molar-refractivity contribution in [1.29, 1.82) is 0 Å². The van der Waals surface area contributed by atoms with Crippen molar-refractivity contribution in [3.8, 4) is 0 Å². The second-order valence-electron chi connectivity index (χ2n) is 9.22. The first kappa shape index (κ1) is 23.4. The van der Waals surface area contributed by atoms with Gasteiger partial charge in [0.25, 0.3) is 5.91 Å². The van der Waals surface area contributed by atoms with Gasteiger partial charge in [-0.15, -0.1) is 0 Å². The van der Waals surface area contributed by atoms with E-state index in [0.717, 1.165) is 37.8 Å². The number of benzene rings is 2. The molecule has 2 saturated heterocycles. The predicted molar refractivity (Wildman–Crippen MR) is 125 cm³/mol. The zero-order valence-electron chi connectivity index (χ0n) is 18.8. The maximum Gasteiger partial charge on any atom is 0.254 e. The van der Waals surface area contributed by atoms with Gasteiger partial charge < -0.3 is 20.8 Å². The smallest absolute Gasteiger partial charge is 0.254 e. The first-order chi connectivity index (χ1) is 16.0. The number of nitrogens with zero attached hydrogens (tertiary/aromatic N) is 2. The molecule has 2 amide bonds. The topological polar surface area (TPSA) is 107 Å². The Morgan fingerprint density at radius 3 is 2.39 bits per heavy atom. The molecule has 2 fully saturated rings. The lowest BCUT2D eigenvalue weighted by Gasteiger charge is -2.40. The zero-order valence-corrected chi connectivity index (χ0v) is 18.8. The van der Waals surface area contributed by atoms with Crippen LogP contribution < -0.4 is 5.73 Å². The van der Waals surface area contributed by atoms with E-state index in [2.05, 4.69) is 11.0 Å². The van der Waals surface area contributed by atoms with Crippen molar-refractivity contribution in [2.45, 2.75) is 56.3 Å². The maximum atomic E-state index is 12.7. The third-order valence-corrected chi connectivity index (χ3v) is 7.14. The summed E-state index contributed by atoms with van der Waals surface area (Å²) >= 11 is 0. The summed E-state index contributed by atoms with van der Waals surface area (Å²) in [5.74, 6) is -0.436. The van der Waals surface area contributed by atoms with Crippen molar-refractivity contribution in [3.05, 3.63) is 71.3 Å².